The number of aromatic nitrogens is 2. The monoisotopic (exact) mass is 321 g/mol. The van der Waals surface area contributed by atoms with E-state index in [1.54, 1.807) is 22.4 Å². The van der Waals surface area contributed by atoms with Gasteiger partial charge in [0.2, 0.25) is 5.91 Å². The summed E-state index contributed by atoms with van der Waals surface area (Å²) >= 11 is 3.16. The fourth-order valence-corrected chi connectivity index (χ4v) is 3.69. The summed E-state index contributed by atoms with van der Waals surface area (Å²) in [6.07, 6.45) is 4.55. The van der Waals surface area contributed by atoms with Gasteiger partial charge >= 0.3 is 0 Å². The molecule has 21 heavy (non-hydrogen) atoms. The highest BCUT2D eigenvalue weighted by atomic mass is 32.2. The molecular formula is C15H19N3OS2. The number of pyridine rings is 1. The Kier molecular flexibility index (Phi) is 5.76. The van der Waals surface area contributed by atoms with Crippen molar-refractivity contribution >= 4 is 29.0 Å². The molecule has 0 spiro atoms. The Morgan fingerprint density at radius 3 is 2.86 bits per heavy atom. The van der Waals surface area contributed by atoms with Gasteiger partial charge in [0.05, 0.1) is 21.8 Å². The van der Waals surface area contributed by atoms with E-state index in [4.69, 9.17) is 0 Å². The molecule has 0 N–H and O–H groups in total. The van der Waals surface area contributed by atoms with Gasteiger partial charge in [-0.15, -0.1) is 11.3 Å². The minimum absolute atomic E-state index is 0.108. The molecule has 0 aliphatic heterocycles. The molecule has 1 amide bonds. The number of rotatable bonds is 6. The lowest BCUT2D eigenvalue weighted by molar-refractivity contribution is -0.129. The fraction of sp³-hybridized carbons (Fsp3) is 0.400. The lowest BCUT2D eigenvalue weighted by Crippen LogP contribution is -2.32. The first-order chi connectivity index (χ1) is 10.1. The standard InChI is InChI=1S/C15H19N3OS2/c1-4-13-17-9-12(21-13)10-18(3)15(19)11(2)20-14-7-5-6-8-16-14/h5-9,11H,4,10H2,1-3H3. The normalized spacial score (nSPS) is 12.1. The molecule has 0 fully saturated rings. The predicted molar refractivity (Wildman–Crippen MR) is 87.5 cm³/mol. The molecule has 1 unspecified atom stereocenters. The van der Waals surface area contributed by atoms with Gasteiger partial charge in [-0.25, -0.2) is 9.97 Å². The van der Waals surface area contributed by atoms with Crippen LogP contribution in [0.2, 0.25) is 0 Å². The summed E-state index contributed by atoms with van der Waals surface area (Å²) in [4.78, 5) is 23.8. The lowest BCUT2D eigenvalue weighted by atomic mass is 10.4. The predicted octanol–water partition coefficient (Wildman–Crippen LogP) is 3.24. The topological polar surface area (TPSA) is 46.1 Å². The van der Waals surface area contributed by atoms with E-state index in [2.05, 4.69) is 16.9 Å². The zero-order valence-electron chi connectivity index (χ0n) is 12.4. The van der Waals surface area contributed by atoms with Crippen molar-refractivity contribution in [2.24, 2.45) is 0 Å². The van der Waals surface area contributed by atoms with E-state index in [1.165, 1.54) is 11.8 Å². The number of aryl methyl sites for hydroxylation is 1. The van der Waals surface area contributed by atoms with Gasteiger partial charge in [-0.1, -0.05) is 24.8 Å². The maximum Gasteiger partial charge on any atom is 0.235 e. The van der Waals surface area contributed by atoms with E-state index in [0.29, 0.717) is 6.54 Å². The Hall–Kier alpha value is -1.40. The Morgan fingerprint density at radius 2 is 2.24 bits per heavy atom. The lowest BCUT2D eigenvalue weighted by Gasteiger charge is -2.20. The molecule has 112 valence electrons. The summed E-state index contributed by atoms with van der Waals surface area (Å²) in [7, 11) is 1.84. The molecule has 0 bridgehead atoms. The van der Waals surface area contributed by atoms with Crippen LogP contribution in [-0.2, 0) is 17.8 Å². The van der Waals surface area contributed by atoms with Crippen LogP contribution in [-0.4, -0.2) is 33.1 Å². The Bertz CT molecular complexity index is 586. The van der Waals surface area contributed by atoms with Crippen molar-refractivity contribution in [3.05, 3.63) is 40.5 Å². The van der Waals surface area contributed by atoms with Crippen LogP contribution in [0, 0.1) is 0 Å². The highest BCUT2D eigenvalue weighted by molar-refractivity contribution is 8.00. The van der Waals surface area contributed by atoms with Crippen molar-refractivity contribution < 1.29 is 4.79 Å². The molecule has 0 aromatic carbocycles. The first-order valence-electron chi connectivity index (χ1n) is 6.86. The minimum atomic E-state index is -0.150. The molecule has 2 rings (SSSR count). The smallest absolute Gasteiger partial charge is 0.235 e. The minimum Gasteiger partial charge on any atom is -0.340 e. The molecular weight excluding hydrogens is 302 g/mol. The number of thiazole rings is 1. The molecule has 6 heteroatoms. The third-order valence-electron chi connectivity index (χ3n) is 2.96. The first kappa shape index (κ1) is 16.0. The van der Waals surface area contributed by atoms with Crippen molar-refractivity contribution in [1.82, 2.24) is 14.9 Å². The summed E-state index contributed by atoms with van der Waals surface area (Å²) in [5.41, 5.74) is 0. The Labute approximate surface area is 133 Å². The summed E-state index contributed by atoms with van der Waals surface area (Å²) in [6, 6.07) is 5.72. The largest absolute Gasteiger partial charge is 0.340 e. The second-order valence-electron chi connectivity index (χ2n) is 4.70. The summed E-state index contributed by atoms with van der Waals surface area (Å²) in [6.45, 7) is 4.62. The second kappa shape index (κ2) is 7.56. The van der Waals surface area contributed by atoms with E-state index in [0.717, 1.165) is 21.3 Å². The van der Waals surface area contributed by atoms with Gasteiger partial charge in [0.1, 0.15) is 0 Å². The maximum absolute atomic E-state index is 12.4. The molecule has 4 nitrogen and oxygen atoms in total. The average molecular weight is 321 g/mol. The number of nitrogens with zero attached hydrogens (tertiary/aromatic N) is 3. The van der Waals surface area contributed by atoms with Gasteiger partial charge in [-0.2, -0.15) is 0 Å². The van der Waals surface area contributed by atoms with Crippen LogP contribution in [0.3, 0.4) is 0 Å². The Morgan fingerprint density at radius 1 is 1.43 bits per heavy atom. The molecule has 1 atom stereocenters. The maximum atomic E-state index is 12.4. The summed E-state index contributed by atoms with van der Waals surface area (Å²) < 4.78 is 0. The average Bonchev–Trinajstić information content (AvgIpc) is 2.95. The third-order valence-corrected chi connectivity index (χ3v) is 5.12. The molecule has 2 heterocycles. The third kappa shape index (κ3) is 4.54. The quantitative estimate of drug-likeness (QED) is 0.766. The van der Waals surface area contributed by atoms with Crippen molar-refractivity contribution in [2.45, 2.75) is 37.1 Å². The Balaban J connectivity index is 1.92. The fourth-order valence-electron chi connectivity index (χ4n) is 1.85. The zero-order valence-corrected chi connectivity index (χ0v) is 14.1. The summed E-state index contributed by atoms with van der Waals surface area (Å²) in [5.74, 6) is 0.108. The van der Waals surface area contributed by atoms with Crippen LogP contribution in [0.1, 0.15) is 23.7 Å². The van der Waals surface area contributed by atoms with Gasteiger partial charge in [-0.05, 0) is 25.5 Å². The second-order valence-corrected chi connectivity index (χ2v) is 7.26. The van der Waals surface area contributed by atoms with E-state index < -0.39 is 0 Å². The molecule has 0 saturated carbocycles. The van der Waals surface area contributed by atoms with Crippen LogP contribution >= 0.6 is 23.1 Å². The number of carbonyl (C=O) groups excluding carboxylic acids is 1. The van der Waals surface area contributed by atoms with Gasteiger partial charge in [-0.3, -0.25) is 4.79 Å². The SMILES string of the molecule is CCc1ncc(CN(C)C(=O)C(C)Sc2ccccn2)s1. The molecule has 0 radical (unpaired) electrons. The van der Waals surface area contributed by atoms with E-state index in [9.17, 15) is 4.79 Å². The molecule has 0 aliphatic carbocycles. The molecule has 2 aromatic heterocycles. The van der Waals surface area contributed by atoms with Crippen LogP contribution in [0.4, 0.5) is 0 Å². The van der Waals surface area contributed by atoms with Gasteiger partial charge in [0.15, 0.2) is 0 Å². The van der Waals surface area contributed by atoms with Gasteiger partial charge in [0.25, 0.3) is 0 Å². The van der Waals surface area contributed by atoms with Crippen LogP contribution < -0.4 is 0 Å². The van der Waals surface area contributed by atoms with Gasteiger partial charge < -0.3 is 4.90 Å². The van der Waals surface area contributed by atoms with Gasteiger partial charge in [0, 0.05) is 24.3 Å². The van der Waals surface area contributed by atoms with Crippen molar-refractivity contribution in [2.75, 3.05) is 7.05 Å². The van der Waals surface area contributed by atoms with Crippen LogP contribution in [0.15, 0.2) is 35.6 Å². The molecule has 0 saturated heterocycles. The number of carbonyl (C=O) groups is 1. The number of amides is 1. The van der Waals surface area contributed by atoms with E-state index in [-0.39, 0.29) is 11.2 Å². The van der Waals surface area contributed by atoms with E-state index in [1.807, 2.05) is 38.4 Å². The highest BCUT2D eigenvalue weighted by Gasteiger charge is 2.19. The number of thioether (sulfide) groups is 1. The zero-order chi connectivity index (χ0) is 15.2. The van der Waals surface area contributed by atoms with Crippen molar-refractivity contribution in [3.63, 3.8) is 0 Å². The highest BCUT2D eigenvalue weighted by Crippen LogP contribution is 2.23. The van der Waals surface area contributed by atoms with Crippen molar-refractivity contribution in [1.29, 1.82) is 0 Å². The van der Waals surface area contributed by atoms with Crippen LogP contribution in [0.5, 0.6) is 0 Å². The van der Waals surface area contributed by atoms with Crippen molar-refractivity contribution in [3.8, 4) is 0 Å². The molecule has 0 aliphatic rings. The molecule has 2 aromatic rings. The number of hydrogen-bond donors (Lipinski definition) is 0. The number of hydrogen-bond acceptors (Lipinski definition) is 5. The van der Waals surface area contributed by atoms with E-state index >= 15 is 0 Å². The first-order valence-corrected chi connectivity index (χ1v) is 8.56. The van der Waals surface area contributed by atoms with Crippen LogP contribution in [0.25, 0.3) is 0 Å². The summed E-state index contributed by atoms with van der Waals surface area (Å²) in [5, 5.41) is 1.84.